The second-order valence-electron chi connectivity index (χ2n) is 9.54. The van der Waals surface area contributed by atoms with Crippen LogP contribution in [0.5, 0.6) is 5.75 Å². The SMILES string of the molecule is CCOc1ccc(N(CC(=O)N(Cc2cccc(Cl)c2)[C@@H](C)C(=O)N[C@H](C)CC)S(=O)(=O)c2ccc(Cl)cc2)cc1. The molecular weight excluding hydrogens is 585 g/mol. The first-order valence-corrected chi connectivity index (χ1v) is 15.5. The first-order valence-electron chi connectivity index (χ1n) is 13.3. The van der Waals surface area contributed by atoms with Crippen molar-refractivity contribution in [2.45, 2.75) is 57.6 Å². The minimum absolute atomic E-state index is 0.0347. The summed E-state index contributed by atoms with van der Waals surface area (Å²) in [5.41, 5.74) is 0.957. The molecule has 220 valence electrons. The lowest BCUT2D eigenvalue weighted by molar-refractivity contribution is -0.139. The fourth-order valence-electron chi connectivity index (χ4n) is 4.02. The Kier molecular flexibility index (Phi) is 11.5. The van der Waals surface area contributed by atoms with Crippen molar-refractivity contribution in [2.24, 2.45) is 0 Å². The van der Waals surface area contributed by atoms with Gasteiger partial charge in [0.1, 0.15) is 18.3 Å². The summed E-state index contributed by atoms with van der Waals surface area (Å²) >= 11 is 12.2. The van der Waals surface area contributed by atoms with Crippen molar-refractivity contribution in [3.8, 4) is 5.75 Å². The Hall–Kier alpha value is -3.27. The van der Waals surface area contributed by atoms with Crippen LogP contribution < -0.4 is 14.4 Å². The van der Waals surface area contributed by atoms with E-state index in [-0.39, 0.29) is 29.1 Å². The number of nitrogens with one attached hydrogen (secondary N) is 1. The summed E-state index contributed by atoms with van der Waals surface area (Å²) in [6.45, 7) is 7.22. The summed E-state index contributed by atoms with van der Waals surface area (Å²) in [5.74, 6) is -0.351. The van der Waals surface area contributed by atoms with Gasteiger partial charge in [-0.15, -0.1) is 0 Å². The third-order valence-electron chi connectivity index (χ3n) is 6.53. The zero-order valence-corrected chi connectivity index (χ0v) is 25.8. The normalized spacial score (nSPS) is 12.7. The first kappa shape index (κ1) is 32.2. The highest BCUT2D eigenvalue weighted by atomic mass is 35.5. The molecule has 0 aliphatic heterocycles. The van der Waals surface area contributed by atoms with Crippen molar-refractivity contribution in [1.29, 1.82) is 0 Å². The number of hydrogen-bond acceptors (Lipinski definition) is 5. The molecule has 11 heteroatoms. The number of nitrogens with zero attached hydrogens (tertiary/aromatic N) is 2. The van der Waals surface area contributed by atoms with Gasteiger partial charge in [0.05, 0.1) is 17.2 Å². The number of carbonyl (C=O) groups is 2. The van der Waals surface area contributed by atoms with E-state index < -0.39 is 28.5 Å². The van der Waals surface area contributed by atoms with Crippen LogP contribution in [0.25, 0.3) is 0 Å². The molecule has 0 saturated heterocycles. The van der Waals surface area contributed by atoms with E-state index in [1.165, 1.54) is 29.2 Å². The molecule has 0 saturated carbocycles. The molecule has 3 rings (SSSR count). The maximum Gasteiger partial charge on any atom is 0.264 e. The minimum Gasteiger partial charge on any atom is -0.494 e. The van der Waals surface area contributed by atoms with Crippen LogP contribution in [0, 0.1) is 0 Å². The molecule has 0 bridgehead atoms. The Labute approximate surface area is 252 Å². The van der Waals surface area contributed by atoms with Crippen molar-refractivity contribution >= 4 is 50.7 Å². The monoisotopic (exact) mass is 619 g/mol. The minimum atomic E-state index is -4.21. The summed E-state index contributed by atoms with van der Waals surface area (Å²) in [6.07, 6.45) is 0.714. The maximum atomic E-state index is 14.0. The number of hydrogen-bond donors (Lipinski definition) is 1. The molecule has 2 amide bonds. The summed E-state index contributed by atoms with van der Waals surface area (Å²) in [4.78, 5) is 28.4. The van der Waals surface area contributed by atoms with Crippen LogP contribution in [-0.4, -0.2) is 50.4 Å². The molecule has 3 aromatic carbocycles. The zero-order valence-electron chi connectivity index (χ0n) is 23.5. The molecule has 0 fully saturated rings. The van der Waals surface area contributed by atoms with Gasteiger partial charge in [0, 0.05) is 22.6 Å². The summed E-state index contributed by atoms with van der Waals surface area (Å²) in [7, 11) is -4.21. The number of amides is 2. The highest BCUT2D eigenvalue weighted by Crippen LogP contribution is 2.27. The van der Waals surface area contributed by atoms with E-state index in [2.05, 4.69) is 5.32 Å². The van der Waals surface area contributed by atoms with Crippen LogP contribution >= 0.6 is 23.2 Å². The molecule has 0 aliphatic rings. The van der Waals surface area contributed by atoms with Crippen molar-refractivity contribution < 1.29 is 22.7 Å². The van der Waals surface area contributed by atoms with E-state index in [0.29, 0.717) is 34.4 Å². The summed E-state index contributed by atoms with van der Waals surface area (Å²) in [5, 5.41) is 3.77. The summed E-state index contributed by atoms with van der Waals surface area (Å²) in [6, 6.07) is 18.1. The van der Waals surface area contributed by atoms with Crippen molar-refractivity contribution in [2.75, 3.05) is 17.5 Å². The van der Waals surface area contributed by atoms with E-state index in [9.17, 15) is 18.0 Å². The molecule has 0 spiro atoms. The van der Waals surface area contributed by atoms with Crippen molar-refractivity contribution in [3.63, 3.8) is 0 Å². The predicted molar refractivity (Wildman–Crippen MR) is 163 cm³/mol. The molecule has 0 aliphatic carbocycles. The molecule has 41 heavy (non-hydrogen) atoms. The van der Waals surface area contributed by atoms with Gasteiger partial charge >= 0.3 is 0 Å². The lowest BCUT2D eigenvalue weighted by Gasteiger charge is -2.32. The molecule has 8 nitrogen and oxygen atoms in total. The van der Waals surface area contributed by atoms with Crippen LogP contribution in [0.1, 0.15) is 39.7 Å². The van der Waals surface area contributed by atoms with Crippen molar-refractivity contribution in [1.82, 2.24) is 10.2 Å². The molecule has 3 aromatic rings. The molecule has 0 heterocycles. The van der Waals surface area contributed by atoms with Gasteiger partial charge in [-0.05, 0) is 93.4 Å². The fraction of sp³-hybridized carbons (Fsp3) is 0.333. The third-order valence-corrected chi connectivity index (χ3v) is 8.80. The topological polar surface area (TPSA) is 96.0 Å². The van der Waals surface area contributed by atoms with Gasteiger partial charge in [0.25, 0.3) is 10.0 Å². The molecule has 1 N–H and O–H groups in total. The number of anilines is 1. The third kappa shape index (κ3) is 8.61. The van der Waals surface area contributed by atoms with E-state index >= 15 is 0 Å². The Bertz CT molecular complexity index is 1430. The van der Waals surface area contributed by atoms with Crippen LogP contribution in [0.4, 0.5) is 5.69 Å². The van der Waals surface area contributed by atoms with Gasteiger partial charge in [-0.25, -0.2) is 8.42 Å². The van der Waals surface area contributed by atoms with Gasteiger partial charge in [-0.1, -0.05) is 42.3 Å². The van der Waals surface area contributed by atoms with Gasteiger partial charge < -0.3 is 15.0 Å². The average molecular weight is 621 g/mol. The van der Waals surface area contributed by atoms with Crippen molar-refractivity contribution in [3.05, 3.63) is 88.4 Å². The smallest absolute Gasteiger partial charge is 0.264 e. The van der Waals surface area contributed by atoms with E-state index in [4.69, 9.17) is 27.9 Å². The zero-order chi connectivity index (χ0) is 30.2. The van der Waals surface area contributed by atoms with Gasteiger partial charge in [0.15, 0.2) is 0 Å². The van der Waals surface area contributed by atoms with Crippen LogP contribution in [0.15, 0.2) is 77.7 Å². The predicted octanol–water partition coefficient (Wildman–Crippen LogP) is 5.92. The number of rotatable bonds is 13. The summed E-state index contributed by atoms with van der Waals surface area (Å²) < 4.78 is 34.3. The fourth-order valence-corrected chi connectivity index (χ4v) is 5.77. The average Bonchev–Trinajstić information content (AvgIpc) is 2.95. The second kappa shape index (κ2) is 14.6. The van der Waals surface area contributed by atoms with E-state index in [1.54, 1.807) is 55.5 Å². The van der Waals surface area contributed by atoms with Crippen LogP contribution in [-0.2, 0) is 26.2 Å². The molecule has 2 atom stereocenters. The number of sulfonamides is 1. The lowest BCUT2D eigenvalue weighted by atomic mass is 10.1. The highest BCUT2D eigenvalue weighted by molar-refractivity contribution is 7.92. The Morgan fingerprint density at radius 3 is 2.17 bits per heavy atom. The number of halogens is 2. The Balaban J connectivity index is 2.03. The second-order valence-corrected chi connectivity index (χ2v) is 12.3. The van der Waals surface area contributed by atoms with Crippen LogP contribution in [0.2, 0.25) is 10.0 Å². The van der Waals surface area contributed by atoms with Gasteiger partial charge in [-0.3, -0.25) is 13.9 Å². The highest BCUT2D eigenvalue weighted by Gasteiger charge is 2.33. The molecule has 0 radical (unpaired) electrons. The van der Waals surface area contributed by atoms with Crippen LogP contribution in [0.3, 0.4) is 0 Å². The first-order chi connectivity index (χ1) is 19.5. The number of ether oxygens (including phenoxy) is 1. The maximum absolute atomic E-state index is 14.0. The standard InChI is InChI=1S/C30H35Cl2N3O5S/c1-5-21(3)33-30(37)22(4)34(19-23-8-7-9-25(32)18-23)29(36)20-35(26-12-14-27(15-13-26)40-6-2)41(38,39)28-16-10-24(31)11-17-28/h7-18,21-22H,5-6,19-20H2,1-4H3,(H,33,37)/t21-,22+/m1/s1. The Morgan fingerprint density at radius 2 is 1.59 bits per heavy atom. The number of benzene rings is 3. The molecule has 0 aromatic heterocycles. The van der Waals surface area contributed by atoms with Gasteiger partial charge in [-0.2, -0.15) is 0 Å². The molecular formula is C30H35Cl2N3O5S. The molecule has 0 unspecified atom stereocenters. The van der Waals surface area contributed by atoms with E-state index in [1.807, 2.05) is 20.8 Å². The largest absolute Gasteiger partial charge is 0.494 e. The van der Waals surface area contributed by atoms with E-state index in [0.717, 1.165) is 4.31 Å². The van der Waals surface area contributed by atoms with Gasteiger partial charge in [0.2, 0.25) is 11.8 Å². The lowest BCUT2D eigenvalue weighted by Crippen LogP contribution is -2.52. The number of carbonyl (C=O) groups excluding carboxylic acids is 2. The quantitative estimate of drug-likeness (QED) is 0.256. The Morgan fingerprint density at radius 1 is 0.927 bits per heavy atom.